The molecule has 22 heavy (non-hydrogen) atoms. The molecule has 0 aliphatic carbocycles. The van der Waals surface area contributed by atoms with E-state index in [9.17, 15) is 4.79 Å². The average molecular weight is 342 g/mol. The van der Waals surface area contributed by atoms with Crippen LogP contribution in [0.15, 0.2) is 22.7 Å². The Kier molecular flexibility index (Phi) is 4.80. The lowest BCUT2D eigenvalue weighted by atomic mass is 10.0. The van der Waals surface area contributed by atoms with Crippen molar-refractivity contribution in [3.05, 3.63) is 39.6 Å². The Balaban J connectivity index is 2.43. The fourth-order valence-corrected chi connectivity index (χ4v) is 2.51. The van der Waals surface area contributed by atoms with Crippen LogP contribution in [0.2, 0.25) is 10.0 Å². The first-order chi connectivity index (χ1) is 10.2. The molecule has 2 aromatic rings. The van der Waals surface area contributed by atoms with E-state index in [0.29, 0.717) is 39.2 Å². The largest absolute Gasteiger partial charge is 0.360 e. The molecule has 118 valence electrons. The number of carbonyl (C=O) groups is 1. The van der Waals surface area contributed by atoms with Gasteiger partial charge < -0.3 is 15.6 Å². The van der Waals surface area contributed by atoms with Crippen LogP contribution in [0.5, 0.6) is 0 Å². The van der Waals surface area contributed by atoms with Crippen LogP contribution in [0, 0.1) is 6.92 Å². The third-order valence-corrected chi connectivity index (χ3v) is 3.62. The van der Waals surface area contributed by atoms with Gasteiger partial charge in [0.2, 0.25) is 0 Å². The van der Waals surface area contributed by atoms with Crippen molar-refractivity contribution in [3.63, 3.8) is 0 Å². The summed E-state index contributed by atoms with van der Waals surface area (Å²) in [5.41, 5.74) is 6.45. The van der Waals surface area contributed by atoms with Gasteiger partial charge >= 0.3 is 0 Å². The number of benzene rings is 1. The Morgan fingerprint density at radius 2 is 1.95 bits per heavy atom. The zero-order valence-electron chi connectivity index (χ0n) is 12.5. The highest BCUT2D eigenvalue weighted by atomic mass is 35.5. The molecule has 0 aliphatic rings. The third-order valence-electron chi connectivity index (χ3n) is 2.99. The van der Waals surface area contributed by atoms with Crippen molar-refractivity contribution in [3.8, 4) is 11.3 Å². The first-order valence-corrected chi connectivity index (χ1v) is 7.44. The Hall–Kier alpha value is -1.56. The zero-order chi connectivity index (χ0) is 16.5. The molecule has 0 unspecified atom stereocenters. The van der Waals surface area contributed by atoms with Crippen LogP contribution in [0.25, 0.3) is 11.3 Å². The van der Waals surface area contributed by atoms with Crippen LogP contribution in [0.1, 0.15) is 30.0 Å². The maximum atomic E-state index is 12.4. The lowest BCUT2D eigenvalue weighted by Gasteiger charge is -2.18. The second-order valence-electron chi connectivity index (χ2n) is 5.73. The molecule has 0 aliphatic heterocycles. The fraction of sp³-hybridized carbons (Fsp3) is 0.333. The minimum atomic E-state index is -0.525. The number of nitrogens with zero attached hydrogens (tertiary/aromatic N) is 1. The normalized spacial score (nSPS) is 11.5. The Morgan fingerprint density at radius 3 is 2.50 bits per heavy atom. The maximum Gasteiger partial charge on any atom is 0.257 e. The molecule has 1 amide bonds. The number of nitrogens with two attached hydrogens (primary N) is 1. The zero-order valence-corrected chi connectivity index (χ0v) is 14.0. The molecule has 0 bridgehead atoms. The van der Waals surface area contributed by atoms with Crippen LogP contribution >= 0.6 is 23.2 Å². The number of rotatable bonds is 4. The summed E-state index contributed by atoms with van der Waals surface area (Å²) in [6.45, 7) is 5.61. The summed E-state index contributed by atoms with van der Waals surface area (Å²) in [6, 6.07) is 5.08. The average Bonchev–Trinajstić information content (AvgIpc) is 2.77. The summed E-state index contributed by atoms with van der Waals surface area (Å²) in [7, 11) is 0. The minimum Gasteiger partial charge on any atom is -0.360 e. The smallest absolute Gasteiger partial charge is 0.257 e. The molecule has 5 nitrogen and oxygen atoms in total. The highest BCUT2D eigenvalue weighted by molar-refractivity contribution is 6.39. The van der Waals surface area contributed by atoms with E-state index in [1.165, 1.54) is 0 Å². The van der Waals surface area contributed by atoms with Gasteiger partial charge in [0.15, 0.2) is 0 Å². The summed E-state index contributed by atoms with van der Waals surface area (Å²) in [5, 5.41) is 7.50. The molecule has 0 saturated carbocycles. The number of amides is 1. The summed E-state index contributed by atoms with van der Waals surface area (Å²) >= 11 is 12.4. The summed E-state index contributed by atoms with van der Waals surface area (Å²) in [6.07, 6.45) is 0. The van der Waals surface area contributed by atoms with Gasteiger partial charge in [0.05, 0.1) is 10.0 Å². The molecule has 1 aromatic carbocycles. The maximum absolute atomic E-state index is 12.4. The van der Waals surface area contributed by atoms with Crippen LogP contribution < -0.4 is 11.1 Å². The Labute approximate surface area is 138 Å². The van der Waals surface area contributed by atoms with Crippen LogP contribution in [0.4, 0.5) is 0 Å². The highest BCUT2D eigenvalue weighted by Crippen LogP contribution is 2.36. The van der Waals surface area contributed by atoms with Crippen molar-refractivity contribution in [1.82, 2.24) is 10.5 Å². The van der Waals surface area contributed by atoms with Gasteiger partial charge in [-0.3, -0.25) is 4.79 Å². The number of nitrogens with one attached hydrogen (secondary N) is 1. The van der Waals surface area contributed by atoms with E-state index in [1.807, 2.05) is 13.8 Å². The Morgan fingerprint density at radius 1 is 1.36 bits per heavy atom. The van der Waals surface area contributed by atoms with Gasteiger partial charge in [0.1, 0.15) is 17.0 Å². The standard InChI is InChI=1S/C15H17Cl2N3O2/c1-8-11(14(21)19-7-15(2,3)18)13(20-22-8)12-9(16)5-4-6-10(12)17/h4-6H,7,18H2,1-3H3,(H,19,21). The van der Waals surface area contributed by atoms with Crippen LogP contribution in [-0.4, -0.2) is 23.1 Å². The van der Waals surface area contributed by atoms with Crippen molar-refractivity contribution in [2.24, 2.45) is 5.73 Å². The van der Waals surface area contributed by atoms with E-state index in [4.69, 9.17) is 33.5 Å². The molecule has 1 aromatic heterocycles. The molecule has 0 saturated heterocycles. The second-order valence-corrected chi connectivity index (χ2v) is 6.54. The number of hydrogen-bond acceptors (Lipinski definition) is 4. The SMILES string of the molecule is Cc1onc(-c2c(Cl)cccc2Cl)c1C(=O)NCC(C)(C)N. The molecule has 1 heterocycles. The number of carbonyl (C=O) groups excluding carboxylic acids is 1. The lowest BCUT2D eigenvalue weighted by molar-refractivity contribution is 0.0945. The molecule has 2 rings (SSSR count). The van der Waals surface area contributed by atoms with Crippen molar-refractivity contribution in [2.75, 3.05) is 6.54 Å². The third kappa shape index (κ3) is 3.61. The van der Waals surface area contributed by atoms with Gasteiger partial charge in [-0.2, -0.15) is 0 Å². The summed E-state index contributed by atoms with van der Waals surface area (Å²) in [5.74, 6) is 0.0570. The molecule has 0 spiro atoms. The molecule has 0 atom stereocenters. The second kappa shape index (κ2) is 6.28. The van der Waals surface area contributed by atoms with Crippen LogP contribution in [0.3, 0.4) is 0 Å². The fourth-order valence-electron chi connectivity index (χ4n) is 1.93. The monoisotopic (exact) mass is 341 g/mol. The van der Waals surface area contributed by atoms with Crippen molar-refractivity contribution >= 4 is 29.1 Å². The van der Waals surface area contributed by atoms with Gasteiger partial charge in [-0.1, -0.05) is 34.4 Å². The summed E-state index contributed by atoms with van der Waals surface area (Å²) < 4.78 is 5.15. The molecular weight excluding hydrogens is 325 g/mol. The van der Waals surface area contributed by atoms with Gasteiger partial charge in [-0.15, -0.1) is 0 Å². The lowest BCUT2D eigenvalue weighted by Crippen LogP contribution is -2.45. The van der Waals surface area contributed by atoms with E-state index in [-0.39, 0.29) is 5.91 Å². The minimum absolute atomic E-state index is 0.305. The van der Waals surface area contributed by atoms with E-state index in [2.05, 4.69) is 10.5 Å². The van der Waals surface area contributed by atoms with Gasteiger partial charge in [0, 0.05) is 17.6 Å². The Bertz CT molecular complexity index is 685. The molecular formula is C15H17Cl2N3O2. The van der Waals surface area contributed by atoms with E-state index >= 15 is 0 Å². The number of halogens is 2. The molecule has 0 fully saturated rings. The van der Waals surface area contributed by atoms with Crippen molar-refractivity contribution in [1.29, 1.82) is 0 Å². The highest BCUT2D eigenvalue weighted by Gasteiger charge is 2.25. The predicted molar refractivity (Wildman–Crippen MR) is 87.3 cm³/mol. The topological polar surface area (TPSA) is 81.2 Å². The first-order valence-electron chi connectivity index (χ1n) is 6.68. The van der Waals surface area contributed by atoms with Gasteiger partial charge in [0.25, 0.3) is 5.91 Å². The number of hydrogen-bond donors (Lipinski definition) is 2. The number of aromatic nitrogens is 1. The predicted octanol–water partition coefficient (Wildman–Crippen LogP) is 3.42. The van der Waals surface area contributed by atoms with Gasteiger partial charge in [-0.05, 0) is 32.9 Å². The summed E-state index contributed by atoms with van der Waals surface area (Å²) in [4.78, 5) is 12.4. The van der Waals surface area contributed by atoms with Crippen LogP contribution in [-0.2, 0) is 0 Å². The van der Waals surface area contributed by atoms with E-state index < -0.39 is 5.54 Å². The van der Waals surface area contributed by atoms with E-state index in [0.717, 1.165) is 0 Å². The number of aryl methyl sites for hydroxylation is 1. The van der Waals surface area contributed by atoms with Gasteiger partial charge in [-0.25, -0.2) is 0 Å². The van der Waals surface area contributed by atoms with Crippen molar-refractivity contribution in [2.45, 2.75) is 26.3 Å². The molecule has 0 radical (unpaired) electrons. The molecule has 7 heteroatoms. The quantitative estimate of drug-likeness (QED) is 0.892. The first kappa shape index (κ1) is 16.8. The van der Waals surface area contributed by atoms with Crippen molar-refractivity contribution < 1.29 is 9.32 Å². The molecule has 3 N–H and O–H groups in total. The van der Waals surface area contributed by atoms with E-state index in [1.54, 1.807) is 25.1 Å².